The van der Waals surface area contributed by atoms with Gasteiger partial charge in [-0.15, -0.1) is 0 Å². The standard InChI is InChI=1S/C8H12O2/c1-4-8(3)6-9-7(2)5-10-8/h4-5H,1,6H2,2-3H3. The minimum absolute atomic E-state index is 0.334. The summed E-state index contributed by atoms with van der Waals surface area (Å²) >= 11 is 0. The normalized spacial score (nSPS) is 31.6. The van der Waals surface area contributed by atoms with Crippen molar-refractivity contribution in [2.24, 2.45) is 0 Å². The van der Waals surface area contributed by atoms with Crippen LogP contribution in [0.4, 0.5) is 0 Å². The third-order valence-corrected chi connectivity index (χ3v) is 1.51. The summed E-state index contributed by atoms with van der Waals surface area (Å²) in [5.41, 5.74) is -0.334. The number of ether oxygens (including phenoxy) is 2. The zero-order valence-electron chi connectivity index (χ0n) is 6.39. The lowest BCUT2D eigenvalue weighted by Crippen LogP contribution is -2.32. The van der Waals surface area contributed by atoms with Crippen LogP contribution in [0, 0.1) is 0 Å². The Morgan fingerprint density at radius 1 is 1.80 bits per heavy atom. The smallest absolute Gasteiger partial charge is 0.157 e. The first-order valence-electron chi connectivity index (χ1n) is 3.27. The third-order valence-electron chi connectivity index (χ3n) is 1.51. The van der Waals surface area contributed by atoms with Gasteiger partial charge in [0.1, 0.15) is 18.6 Å². The molecule has 1 rings (SSSR count). The van der Waals surface area contributed by atoms with Gasteiger partial charge in [-0.05, 0) is 19.9 Å². The van der Waals surface area contributed by atoms with Crippen LogP contribution >= 0.6 is 0 Å². The Balaban J connectivity index is 2.64. The molecule has 0 aromatic rings. The molecule has 2 heteroatoms. The molecule has 1 aliphatic heterocycles. The second-order valence-corrected chi connectivity index (χ2v) is 2.65. The van der Waals surface area contributed by atoms with Crippen LogP contribution in [0.2, 0.25) is 0 Å². The maximum atomic E-state index is 5.32. The van der Waals surface area contributed by atoms with E-state index in [1.165, 1.54) is 0 Å². The van der Waals surface area contributed by atoms with Gasteiger partial charge < -0.3 is 9.47 Å². The summed E-state index contributed by atoms with van der Waals surface area (Å²) in [6.45, 7) is 8.00. The Kier molecular flexibility index (Phi) is 1.70. The van der Waals surface area contributed by atoms with Gasteiger partial charge in [-0.1, -0.05) is 6.58 Å². The highest BCUT2D eigenvalue weighted by atomic mass is 16.6. The number of hydrogen-bond acceptors (Lipinski definition) is 2. The fourth-order valence-corrected chi connectivity index (χ4v) is 0.650. The van der Waals surface area contributed by atoms with Crippen molar-refractivity contribution in [3.8, 4) is 0 Å². The van der Waals surface area contributed by atoms with Crippen LogP contribution in [0.5, 0.6) is 0 Å². The summed E-state index contributed by atoms with van der Waals surface area (Å²) in [5, 5.41) is 0. The minimum atomic E-state index is -0.334. The first kappa shape index (κ1) is 7.19. The summed E-state index contributed by atoms with van der Waals surface area (Å²) < 4.78 is 10.6. The molecule has 10 heavy (non-hydrogen) atoms. The van der Waals surface area contributed by atoms with Crippen molar-refractivity contribution >= 4 is 0 Å². The van der Waals surface area contributed by atoms with E-state index in [1.54, 1.807) is 12.3 Å². The van der Waals surface area contributed by atoms with E-state index in [2.05, 4.69) is 6.58 Å². The van der Waals surface area contributed by atoms with Crippen molar-refractivity contribution in [1.29, 1.82) is 0 Å². The lowest BCUT2D eigenvalue weighted by molar-refractivity contribution is -0.0234. The molecule has 0 saturated carbocycles. The average Bonchev–Trinajstić information content (AvgIpc) is 1.96. The van der Waals surface area contributed by atoms with E-state index in [-0.39, 0.29) is 5.60 Å². The molecule has 1 unspecified atom stereocenters. The molecule has 0 bridgehead atoms. The number of rotatable bonds is 1. The van der Waals surface area contributed by atoms with Crippen LogP contribution in [0.15, 0.2) is 24.7 Å². The molecule has 0 amide bonds. The second kappa shape index (κ2) is 2.37. The molecule has 0 aromatic carbocycles. The van der Waals surface area contributed by atoms with Gasteiger partial charge in [-0.2, -0.15) is 0 Å². The average molecular weight is 140 g/mol. The SMILES string of the molecule is C=CC1(C)COC(C)=CO1. The summed E-state index contributed by atoms with van der Waals surface area (Å²) in [5.74, 6) is 0.819. The van der Waals surface area contributed by atoms with Gasteiger partial charge in [-0.25, -0.2) is 0 Å². The van der Waals surface area contributed by atoms with Crippen molar-refractivity contribution in [3.63, 3.8) is 0 Å². The zero-order valence-corrected chi connectivity index (χ0v) is 6.39. The van der Waals surface area contributed by atoms with Crippen molar-refractivity contribution in [2.45, 2.75) is 19.4 Å². The molecule has 1 atom stereocenters. The summed E-state index contributed by atoms with van der Waals surface area (Å²) in [6.07, 6.45) is 3.36. The molecule has 0 N–H and O–H groups in total. The van der Waals surface area contributed by atoms with Crippen LogP contribution in [0.3, 0.4) is 0 Å². The quantitative estimate of drug-likeness (QED) is 0.517. The first-order chi connectivity index (χ1) is 4.66. The van der Waals surface area contributed by atoms with Crippen LogP contribution in [0.1, 0.15) is 13.8 Å². The van der Waals surface area contributed by atoms with Crippen LogP contribution < -0.4 is 0 Å². The Hall–Kier alpha value is -0.920. The van der Waals surface area contributed by atoms with E-state index < -0.39 is 0 Å². The maximum Gasteiger partial charge on any atom is 0.157 e. The molecule has 56 valence electrons. The lowest BCUT2D eigenvalue weighted by Gasteiger charge is -2.29. The molecule has 0 aromatic heterocycles. The Bertz CT molecular complexity index is 172. The van der Waals surface area contributed by atoms with Gasteiger partial charge in [0, 0.05) is 0 Å². The molecular formula is C8H12O2. The van der Waals surface area contributed by atoms with Gasteiger partial charge in [0.15, 0.2) is 5.60 Å². The monoisotopic (exact) mass is 140 g/mol. The zero-order chi connectivity index (χ0) is 7.61. The van der Waals surface area contributed by atoms with Gasteiger partial charge in [0.2, 0.25) is 0 Å². The molecule has 0 saturated heterocycles. The van der Waals surface area contributed by atoms with Crippen LogP contribution in [-0.4, -0.2) is 12.2 Å². The molecule has 2 nitrogen and oxygen atoms in total. The molecule has 0 radical (unpaired) electrons. The van der Waals surface area contributed by atoms with E-state index in [0.717, 1.165) is 5.76 Å². The highest BCUT2D eigenvalue weighted by Crippen LogP contribution is 2.19. The maximum absolute atomic E-state index is 5.32. The number of allylic oxidation sites excluding steroid dienone is 1. The largest absolute Gasteiger partial charge is 0.491 e. The van der Waals surface area contributed by atoms with E-state index in [4.69, 9.17) is 9.47 Å². The third kappa shape index (κ3) is 1.32. The fourth-order valence-electron chi connectivity index (χ4n) is 0.650. The van der Waals surface area contributed by atoms with E-state index in [9.17, 15) is 0 Å². The van der Waals surface area contributed by atoms with Gasteiger partial charge in [0.25, 0.3) is 0 Å². The Morgan fingerprint density at radius 2 is 2.50 bits per heavy atom. The van der Waals surface area contributed by atoms with Gasteiger partial charge >= 0.3 is 0 Å². The Morgan fingerprint density at radius 3 is 2.90 bits per heavy atom. The lowest BCUT2D eigenvalue weighted by atomic mass is 10.1. The second-order valence-electron chi connectivity index (χ2n) is 2.65. The van der Waals surface area contributed by atoms with E-state index in [0.29, 0.717) is 6.61 Å². The minimum Gasteiger partial charge on any atom is -0.491 e. The van der Waals surface area contributed by atoms with Crippen molar-refractivity contribution in [1.82, 2.24) is 0 Å². The van der Waals surface area contributed by atoms with Crippen LogP contribution in [0.25, 0.3) is 0 Å². The van der Waals surface area contributed by atoms with Crippen molar-refractivity contribution in [3.05, 3.63) is 24.7 Å². The molecular weight excluding hydrogens is 128 g/mol. The highest BCUT2D eigenvalue weighted by Gasteiger charge is 2.24. The fraction of sp³-hybridized carbons (Fsp3) is 0.500. The predicted molar refractivity (Wildman–Crippen MR) is 39.4 cm³/mol. The molecule has 0 spiro atoms. The molecule has 0 fully saturated rings. The van der Waals surface area contributed by atoms with Crippen LogP contribution in [-0.2, 0) is 9.47 Å². The molecule has 1 heterocycles. The highest BCUT2D eigenvalue weighted by molar-refractivity contribution is 5.01. The van der Waals surface area contributed by atoms with E-state index in [1.807, 2.05) is 13.8 Å². The first-order valence-corrected chi connectivity index (χ1v) is 3.27. The Labute approximate surface area is 61.1 Å². The van der Waals surface area contributed by atoms with Gasteiger partial charge in [0.05, 0.1) is 0 Å². The number of hydrogen-bond donors (Lipinski definition) is 0. The summed E-state index contributed by atoms with van der Waals surface area (Å²) in [4.78, 5) is 0. The van der Waals surface area contributed by atoms with E-state index >= 15 is 0 Å². The summed E-state index contributed by atoms with van der Waals surface area (Å²) in [7, 11) is 0. The summed E-state index contributed by atoms with van der Waals surface area (Å²) in [6, 6.07) is 0. The van der Waals surface area contributed by atoms with Crippen molar-refractivity contribution in [2.75, 3.05) is 6.61 Å². The van der Waals surface area contributed by atoms with Crippen molar-refractivity contribution < 1.29 is 9.47 Å². The topological polar surface area (TPSA) is 18.5 Å². The molecule has 0 aliphatic carbocycles. The van der Waals surface area contributed by atoms with Gasteiger partial charge in [-0.3, -0.25) is 0 Å². The molecule has 1 aliphatic rings. The predicted octanol–water partition coefficient (Wildman–Crippen LogP) is 1.84.